The van der Waals surface area contributed by atoms with Gasteiger partial charge < -0.3 is 32.3 Å². The molecule has 7 N–H and O–H groups in total. The van der Waals surface area contributed by atoms with E-state index in [9.17, 15) is 19.2 Å². The number of rotatable bonds is 13. The molecule has 2 fully saturated rings. The van der Waals surface area contributed by atoms with E-state index in [4.69, 9.17) is 11.5 Å². The minimum absolute atomic E-state index is 0.0882. The van der Waals surface area contributed by atoms with Gasteiger partial charge >= 0.3 is 6.18 Å². The summed E-state index contributed by atoms with van der Waals surface area (Å²) >= 11 is 0. The smallest absolute Gasteiger partial charge is 0.346 e. The second-order valence-electron chi connectivity index (χ2n) is 14.1. The van der Waals surface area contributed by atoms with Crippen molar-refractivity contribution in [1.82, 2.24) is 10.6 Å². The molecule has 2 atom stereocenters. The fourth-order valence-electron chi connectivity index (χ4n) is 7.50. The van der Waals surface area contributed by atoms with Gasteiger partial charge in [-0.1, -0.05) is 37.1 Å². The Balaban J connectivity index is 1.56. The summed E-state index contributed by atoms with van der Waals surface area (Å²) in [6.07, 6.45) is 0.345. The molecule has 5 rings (SSSR count). The third-order valence-corrected chi connectivity index (χ3v) is 10.4. The van der Waals surface area contributed by atoms with Crippen LogP contribution in [-0.2, 0) is 20.6 Å². The largest absolute Gasteiger partial charge is 0.417 e. The Bertz CT molecular complexity index is 1830. The van der Waals surface area contributed by atoms with Gasteiger partial charge in [-0.25, -0.2) is 4.39 Å². The number of benzene rings is 3. The number of nitrogens with zero attached hydrogens (tertiary/aromatic N) is 1. The highest BCUT2D eigenvalue weighted by atomic mass is 19.4. The van der Waals surface area contributed by atoms with Crippen LogP contribution in [0.15, 0.2) is 48.5 Å². The van der Waals surface area contributed by atoms with Crippen LogP contribution in [0.4, 0.5) is 28.9 Å². The molecule has 1 unspecified atom stereocenters. The molecule has 1 saturated heterocycles. The van der Waals surface area contributed by atoms with Crippen molar-refractivity contribution in [3.63, 3.8) is 0 Å². The standard InChI is InChI=1S/C40H48F4N6O4/c1-23-8-5-12-30(41)34(23)37(52)35-32(49-38(53)26-9-7-19-47-21-26)20-29(24(2)36(35)40(42,43)44)25-14-16-28(17-15-25)50(27-10-3-4-11-27)33(51)22-48-39(54)31(46)13-6-18-45/h5,8,12,14-17,20,26-27,31,47H,3-4,6-7,9-11,13,18-19,21-22,45-46H2,1-2H3,(H,48,54)(H,49,53)/t26?,31-/m0/s1. The number of aryl methyl sites for hydroxylation is 1. The molecule has 0 spiro atoms. The Morgan fingerprint density at radius 2 is 1.69 bits per heavy atom. The van der Waals surface area contributed by atoms with Gasteiger partial charge in [-0.2, -0.15) is 13.2 Å². The predicted octanol–water partition coefficient (Wildman–Crippen LogP) is 5.76. The minimum atomic E-state index is -5.07. The average molecular weight is 753 g/mol. The van der Waals surface area contributed by atoms with Crippen LogP contribution in [0.5, 0.6) is 0 Å². The number of alkyl halides is 3. The van der Waals surface area contributed by atoms with Gasteiger partial charge in [0.25, 0.3) is 0 Å². The Labute approximate surface area is 312 Å². The highest BCUT2D eigenvalue weighted by Crippen LogP contribution is 2.44. The number of piperidine rings is 1. The van der Waals surface area contributed by atoms with Crippen molar-refractivity contribution < 1.29 is 36.7 Å². The highest BCUT2D eigenvalue weighted by Gasteiger charge is 2.41. The lowest BCUT2D eigenvalue weighted by molar-refractivity contribution is -0.138. The lowest BCUT2D eigenvalue weighted by atomic mass is 9.86. The number of amides is 3. The third-order valence-electron chi connectivity index (χ3n) is 10.4. The van der Waals surface area contributed by atoms with Gasteiger partial charge in [0.05, 0.1) is 40.9 Å². The summed E-state index contributed by atoms with van der Waals surface area (Å²) in [7, 11) is 0. The number of hydrogen-bond donors (Lipinski definition) is 5. The molecule has 3 aromatic rings. The predicted molar refractivity (Wildman–Crippen MR) is 199 cm³/mol. The van der Waals surface area contributed by atoms with Gasteiger partial charge in [-0.05, 0) is 112 Å². The van der Waals surface area contributed by atoms with Gasteiger partial charge in [-0.15, -0.1) is 0 Å². The first-order valence-corrected chi connectivity index (χ1v) is 18.4. The normalized spacial score (nSPS) is 16.9. The zero-order valence-corrected chi connectivity index (χ0v) is 30.6. The van der Waals surface area contributed by atoms with Gasteiger partial charge in [0.2, 0.25) is 17.7 Å². The van der Waals surface area contributed by atoms with E-state index in [1.165, 1.54) is 32.0 Å². The molecule has 1 aliphatic carbocycles. The molecule has 0 radical (unpaired) electrons. The van der Waals surface area contributed by atoms with E-state index in [0.717, 1.165) is 31.7 Å². The maximum absolute atomic E-state index is 15.2. The average Bonchev–Trinajstić information content (AvgIpc) is 3.67. The van der Waals surface area contributed by atoms with Gasteiger partial charge in [0.15, 0.2) is 5.78 Å². The molecule has 290 valence electrons. The molecular weight excluding hydrogens is 704 g/mol. The lowest BCUT2D eigenvalue weighted by Crippen LogP contribution is -2.48. The maximum atomic E-state index is 15.2. The maximum Gasteiger partial charge on any atom is 0.417 e. The van der Waals surface area contributed by atoms with Crippen LogP contribution in [0.25, 0.3) is 11.1 Å². The molecule has 3 aromatic carbocycles. The van der Waals surface area contributed by atoms with Crippen LogP contribution in [0.3, 0.4) is 0 Å². The summed E-state index contributed by atoms with van der Waals surface area (Å²) in [6.45, 7) is 3.77. The molecule has 1 heterocycles. The topological polar surface area (TPSA) is 160 Å². The molecule has 54 heavy (non-hydrogen) atoms. The summed E-state index contributed by atoms with van der Waals surface area (Å²) in [5.74, 6) is -4.12. The van der Waals surface area contributed by atoms with Crippen molar-refractivity contribution in [2.45, 2.75) is 83.5 Å². The minimum Gasteiger partial charge on any atom is -0.346 e. The summed E-state index contributed by atoms with van der Waals surface area (Å²) in [5.41, 5.74) is 9.21. The fourth-order valence-corrected chi connectivity index (χ4v) is 7.50. The van der Waals surface area contributed by atoms with Crippen LogP contribution < -0.4 is 32.3 Å². The first kappa shape index (κ1) is 40.5. The number of hydrogen-bond acceptors (Lipinski definition) is 7. The van der Waals surface area contributed by atoms with Gasteiger partial charge in [0, 0.05) is 18.3 Å². The number of anilines is 2. The second-order valence-corrected chi connectivity index (χ2v) is 14.1. The Hall–Kier alpha value is -4.66. The molecule has 3 amide bonds. The zero-order valence-electron chi connectivity index (χ0n) is 30.6. The van der Waals surface area contributed by atoms with Crippen molar-refractivity contribution in [1.29, 1.82) is 0 Å². The summed E-state index contributed by atoms with van der Waals surface area (Å²) in [6, 6.07) is 10.6. The number of ketones is 1. The van der Waals surface area contributed by atoms with E-state index >= 15 is 17.6 Å². The SMILES string of the molecule is Cc1cccc(F)c1C(=O)c1c(NC(=O)C2CCCNC2)cc(-c2ccc(N(C(=O)CNC(=O)[C@@H](N)CCCN)C3CCCC3)cc2)c(C)c1C(F)(F)F. The van der Waals surface area contributed by atoms with Gasteiger partial charge in [-0.3, -0.25) is 19.2 Å². The molecule has 14 heteroatoms. The van der Waals surface area contributed by atoms with E-state index in [-0.39, 0.29) is 40.9 Å². The summed E-state index contributed by atoms with van der Waals surface area (Å²) in [5, 5.41) is 8.35. The number of halogens is 4. The molecule has 10 nitrogen and oxygen atoms in total. The summed E-state index contributed by atoms with van der Waals surface area (Å²) < 4.78 is 60.6. The molecule has 1 aliphatic heterocycles. The number of carbonyl (C=O) groups excluding carboxylic acids is 4. The molecule has 0 aromatic heterocycles. The van der Waals surface area contributed by atoms with E-state index in [0.29, 0.717) is 56.6 Å². The van der Waals surface area contributed by atoms with Crippen LogP contribution in [0, 0.1) is 25.6 Å². The van der Waals surface area contributed by atoms with Crippen molar-refractivity contribution in [3.05, 3.63) is 82.2 Å². The molecular formula is C40H48F4N6O4. The number of carbonyl (C=O) groups is 4. The van der Waals surface area contributed by atoms with Crippen molar-refractivity contribution in [3.8, 4) is 11.1 Å². The monoisotopic (exact) mass is 752 g/mol. The second kappa shape index (κ2) is 17.7. The van der Waals surface area contributed by atoms with Crippen molar-refractivity contribution in [2.75, 3.05) is 36.4 Å². The van der Waals surface area contributed by atoms with E-state index < -0.39 is 58.2 Å². The fraction of sp³-hybridized carbons (Fsp3) is 0.450. The van der Waals surface area contributed by atoms with Crippen LogP contribution in [0.1, 0.15) is 84.0 Å². The molecule has 2 aliphatic rings. The quantitative estimate of drug-likeness (QED) is 0.110. The highest BCUT2D eigenvalue weighted by molar-refractivity contribution is 6.16. The van der Waals surface area contributed by atoms with Crippen molar-refractivity contribution in [2.24, 2.45) is 17.4 Å². The number of nitrogens with one attached hydrogen (secondary N) is 3. The number of nitrogens with two attached hydrogens (primary N) is 2. The Morgan fingerprint density at radius 1 is 0.981 bits per heavy atom. The first-order valence-electron chi connectivity index (χ1n) is 18.4. The van der Waals surface area contributed by atoms with Crippen molar-refractivity contribution >= 4 is 34.9 Å². The Morgan fingerprint density at radius 3 is 2.30 bits per heavy atom. The van der Waals surface area contributed by atoms with Crippen LogP contribution >= 0.6 is 0 Å². The zero-order chi connectivity index (χ0) is 39.2. The van der Waals surface area contributed by atoms with E-state index in [1.807, 2.05) is 0 Å². The Kier molecular flexibility index (Phi) is 13.2. The third kappa shape index (κ3) is 9.16. The first-order chi connectivity index (χ1) is 25.7. The molecule has 1 saturated carbocycles. The van der Waals surface area contributed by atoms with E-state index in [1.54, 1.807) is 29.2 Å². The van der Waals surface area contributed by atoms with Crippen LogP contribution in [0.2, 0.25) is 0 Å². The van der Waals surface area contributed by atoms with Gasteiger partial charge in [0.1, 0.15) is 5.82 Å². The lowest BCUT2D eigenvalue weighted by Gasteiger charge is -2.30. The van der Waals surface area contributed by atoms with E-state index in [2.05, 4.69) is 16.0 Å². The van der Waals surface area contributed by atoms with Crippen LogP contribution in [-0.4, -0.2) is 61.8 Å². The summed E-state index contributed by atoms with van der Waals surface area (Å²) in [4.78, 5) is 55.3. The molecule has 0 bridgehead atoms.